The van der Waals surface area contributed by atoms with Gasteiger partial charge >= 0.3 is 12.4 Å². The van der Waals surface area contributed by atoms with Crippen LogP contribution in [0.4, 0.5) is 32.0 Å². The number of likely N-dealkylation sites (tertiary alicyclic amines) is 1. The summed E-state index contributed by atoms with van der Waals surface area (Å²) in [5, 5.41) is 12.4. The fraction of sp³-hybridized carbons (Fsp3) is 0.333. The first-order valence-corrected chi connectivity index (χ1v) is 15.4. The van der Waals surface area contributed by atoms with Gasteiger partial charge in [-0.3, -0.25) is 24.1 Å². The molecular formula is C33H22Cl2F6N2O5. The number of halogens is 8. The van der Waals surface area contributed by atoms with E-state index in [9.17, 15) is 50.6 Å². The van der Waals surface area contributed by atoms with E-state index in [2.05, 4.69) is 0 Å². The Morgan fingerprint density at radius 2 is 1.46 bits per heavy atom. The lowest BCUT2D eigenvalue weighted by atomic mass is 9.56. The van der Waals surface area contributed by atoms with Crippen molar-refractivity contribution in [1.82, 2.24) is 4.90 Å². The summed E-state index contributed by atoms with van der Waals surface area (Å²) in [5.74, 6) is -9.33. The SMILES string of the molecule is CN1C(=O)[C@]2(Cl)C[C@@H]3C(=CC[C@@H]4C(=O)N(c5cc(C(F)(F)F)cc(C(F)(F)F)c5)C(=O)[C@@H]43)[C@H](c3c(O)ccc4ccccc34)[C@]2(Cl)C1=O. The minimum absolute atomic E-state index is 0.111. The molecule has 250 valence electrons. The fourth-order valence-corrected chi connectivity index (χ4v) is 8.97. The van der Waals surface area contributed by atoms with Gasteiger partial charge in [-0.15, -0.1) is 23.2 Å². The third-order valence-corrected chi connectivity index (χ3v) is 11.5. The van der Waals surface area contributed by atoms with Gasteiger partial charge in [-0.1, -0.05) is 42.0 Å². The van der Waals surface area contributed by atoms with Gasteiger partial charge in [0.25, 0.3) is 11.8 Å². The van der Waals surface area contributed by atoms with Gasteiger partial charge in [-0.2, -0.15) is 26.3 Å². The zero-order valence-corrected chi connectivity index (χ0v) is 26.0. The van der Waals surface area contributed by atoms with E-state index in [1.54, 1.807) is 30.3 Å². The molecule has 0 radical (unpaired) electrons. The van der Waals surface area contributed by atoms with E-state index in [4.69, 9.17) is 23.2 Å². The van der Waals surface area contributed by atoms with Crippen molar-refractivity contribution in [1.29, 1.82) is 0 Å². The summed E-state index contributed by atoms with van der Waals surface area (Å²) < 4.78 is 82.3. The first-order chi connectivity index (χ1) is 22.3. The Labute approximate surface area is 277 Å². The van der Waals surface area contributed by atoms with Crippen LogP contribution in [0.15, 0.2) is 66.2 Å². The second-order valence-corrected chi connectivity index (χ2v) is 13.7. The van der Waals surface area contributed by atoms with Crippen molar-refractivity contribution in [3.8, 4) is 5.75 Å². The molecule has 3 fully saturated rings. The first-order valence-electron chi connectivity index (χ1n) is 14.6. The number of allylic oxidation sites excluding steroid dienone is 2. The number of aromatic hydroxyl groups is 1. The van der Waals surface area contributed by atoms with Crippen LogP contribution in [0.2, 0.25) is 0 Å². The summed E-state index contributed by atoms with van der Waals surface area (Å²) in [5.41, 5.74) is -3.93. The third kappa shape index (κ3) is 4.22. The number of carbonyl (C=O) groups excluding carboxylic acids is 4. The van der Waals surface area contributed by atoms with Gasteiger partial charge < -0.3 is 5.11 Å². The fourth-order valence-electron chi connectivity index (χ4n) is 7.97. The van der Waals surface area contributed by atoms with E-state index >= 15 is 0 Å². The van der Waals surface area contributed by atoms with Crippen LogP contribution >= 0.6 is 23.2 Å². The summed E-state index contributed by atoms with van der Waals surface area (Å²) in [6, 6.07) is 10.3. The molecule has 4 amide bonds. The zero-order valence-electron chi connectivity index (χ0n) is 24.5. The number of benzene rings is 3. The lowest BCUT2D eigenvalue weighted by molar-refractivity contribution is -0.143. The average molecular weight is 711 g/mol. The zero-order chi connectivity index (χ0) is 34.9. The van der Waals surface area contributed by atoms with Crippen LogP contribution in [-0.2, 0) is 31.5 Å². The smallest absolute Gasteiger partial charge is 0.416 e. The van der Waals surface area contributed by atoms with Gasteiger partial charge in [-0.25, -0.2) is 4.90 Å². The highest BCUT2D eigenvalue weighted by Gasteiger charge is 2.76. The normalized spacial score (nSPS) is 30.5. The van der Waals surface area contributed by atoms with E-state index in [0.29, 0.717) is 27.8 Å². The molecule has 3 aromatic carbocycles. The Hall–Kier alpha value is -4.10. The quantitative estimate of drug-likeness (QED) is 0.137. The second-order valence-electron chi connectivity index (χ2n) is 12.5. The number of phenols is 1. The number of amides is 4. The van der Waals surface area contributed by atoms with Crippen LogP contribution in [0.3, 0.4) is 0 Å². The standard InChI is InChI=1S/C33H22Cl2F6N2O5/c1-42-28(47)30(34)13-21-19(25(31(30,35)29(42)48)24-18-5-3-2-4-14(18)6-9-22(24)44)7-8-20-23(21)27(46)43(26(20)45)17-11-15(32(36,37)38)10-16(12-17)33(39,40)41/h2-7,9-12,20-21,23,25,44H,8,13H2,1H3/t20-,21+,23-,25+,30+,31-/m0/s1. The maximum atomic E-state index is 14.2. The van der Waals surface area contributed by atoms with Gasteiger partial charge in [0.1, 0.15) is 5.75 Å². The number of imide groups is 2. The van der Waals surface area contributed by atoms with Crippen molar-refractivity contribution in [3.05, 3.63) is 82.9 Å². The predicted octanol–water partition coefficient (Wildman–Crippen LogP) is 6.78. The maximum Gasteiger partial charge on any atom is 0.416 e. The Bertz CT molecular complexity index is 1980. The number of phenolic OH excluding ortho intramolecular Hbond substituents is 1. The number of fused-ring (bicyclic) bond motifs is 5. The van der Waals surface area contributed by atoms with Gasteiger partial charge in [0, 0.05) is 18.5 Å². The van der Waals surface area contributed by atoms with E-state index in [0.717, 1.165) is 4.90 Å². The van der Waals surface area contributed by atoms with Gasteiger partial charge in [0.05, 0.1) is 28.7 Å². The van der Waals surface area contributed by atoms with Crippen LogP contribution < -0.4 is 4.90 Å². The van der Waals surface area contributed by atoms with Gasteiger partial charge in [-0.05, 0) is 53.8 Å². The topological polar surface area (TPSA) is 95.0 Å². The van der Waals surface area contributed by atoms with Crippen molar-refractivity contribution >= 4 is 63.3 Å². The highest BCUT2D eigenvalue weighted by atomic mass is 35.5. The van der Waals surface area contributed by atoms with Crippen LogP contribution in [0.25, 0.3) is 10.8 Å². The van der Waals surface area contributed by atoms with Crippen LogP contribution in [0.1, 0.15) is 35.4 Å². The van der Waals surface area contributed by atoms with E-state index in [1.165, 1.54) is 19.2 Å². The van der Waals surface area contributed by atoms with Crippen molar-refractivity contribution < 1.29 is 50.6 Å². The lowest BCUT2D eigenvalue weighted by Gasteiger charge is -2.51. The molecule has 7 rings (SSSR count). The molecule has 7 nitrogen and oxygen atoms in total. The van der Waals surface area contributed by atoms with Crippen molar-refractivity contribution in [2.45, 2.75) is 40.9 Å². The molecule has 1 saturated carbocycles. The number of alkyl halides is 8. The molecule has 2 aliphatic heterocycles. The molecule has 2 saturated heterocycles. The maximum absolute atomic E-state index is 14.2. The Morgan fingerprint density at radius 1 is 0.833 bits per heavy atom. The van der Waals surface area contributed by atoms with Crippen molar-refractivity contribution in [3.63, 3.8) is 0 Å². The molecule has 1 N–H and O–H groups in total. The van der Waals surface area contributed by atoms with Crippen molar-refractivity contribution in [2.24, 2.45) is 17.8 Å². The average Bonchev–Trinajstić information content (AvgIpc) is 3.35. The van der Waals surface area contributed by atoms with E-state index in [1.807, 2.05) is 0 Å². The summed E-state index contributed by atoms with van der Waals surface area (Å²) >= 11 is 14.3. The van der Waals surface area contributed by atoms with Crippen LogP contribution in [-0.4, -0.2) is 50.4 Å². The lowest BCUT2D eigenvalue weighted by Crippen LogP contribution is -2.60. The largest absolute Gasteiger partial charge is 0.508 e. The summed E-state index contributed by atoms with van der Waals surface area (Å²) in [7, 11) is 1.18. The molecule has 15 heteroatoms. The first kappa shape index (κ1) is 32.4. The Kier molecular flexibility index (Phi) is 6.90. The number of hydrogen-bond acceptors (Lipinski definition) is 5. The van der Waals surface area contributed by atoms with E-state index < -0.39 is 92.6 Å². The molecule has 2 heterocycles. The molecule has 2 aliphatic carbocycles. The summed E-state index contributed by atoms with van der Waals surface area (Å²) in [6.07, 6.45) is -9.61. The van der Waals surface area contributed by atoms with Crippen molar-refractivity contribution in [2.75, 3.05) is 11.9 Å². The minimum Gasteiger partial charge on any atom is -0.508 e. The second kappa shape index (κ2) is 10.2. The summed E-state index contributed by atoms with van der Waals surface area (Å²) in [6.45, 7) is 0. The summed E-state index contributed by atoms with van der Waals surface area (Å²) in [4.78, 5) is 52.1. The monoisotopic (exact) mass is 710 g/mol. The number of rotatable bonds is 2. The third-order valence-electron chi connectivity index (χ3n) is 10.1. The minimum atomic E-state index is -5.24. The molecule has 0 bridgehead atoms. The Balaban J connectivity index is 1.42. The number of nitrogens with zero attached hydrogens (tertiary/aromatic N) is 2. The predicted molar refractivity (Wildman–Crippen MR) is 160 cm³/mol. The molecule has 0 unspecified atom stereocenters. The molecule has 0 spiro atoms. The van der Waals surface area contributed by atoms with Gasteiger partial charge in [0.15, 0.2) is 9.75 Å². The molecule has 3 aromatic rings. The van der Waals surface area contributed by atoms with Crippen LogP contribution in [0.5, 0.6) is 5.75 Å². The molecule has 0 aromatic heterocycles. The number of hydrogen-bond donors (Lipinski definition) is 1. The Morgan fingerprint density at radius 3 is 2.08 bits per heavy atom. The highest BCUT2D eigenvalue weighted by molar-refractivity contribution is 6.53. The highest BCUT2D eigenvalue weighted by Crippen LogP contribution is 2.66. The van der Waals surface area contributed by atoms with Crippen LogP contribution in [0, 0.1) is 17.8 Å². The molecule has 4 aliphatic rings. The molecular weight excluding hydrogens is 689 g/mol. The van der Waals surface area contributed by atoms with Gasteiger partial charge in [0.2, 0.25) is 11.8 Å². The number of carbonyl (C=O) groups is 4. The number of anilines is 1. The molecule has 6 atom stereocenters. The molecule has 48 heavy (non-hydrogen) atoms. The van der Waals surface area contributed by atoms with E-state index in [-0.39, 0.29) is 29.4 Å².